The molecule has 2 rings (SSSR count). The predicted molar refractivity (Wildman–Crippen MR) is 48.5 cm³/mol. The molecule has 2 aliphatic rings. The molecule has 0 atom stereocenters. The van der Waals surface area contributed by atoms with Crippen molar-refractivity contribution in [2.24, 2.45) is 9.98 Å². The normalized spacial score (nSPS) is 24.2. The van der Waals surface area contributed by atoms with Crippen molar-refractivity contribution in [3.05, 3.63) is 0 Å². The van der Waals surface area contributed by atoms with Crippen molar-refractivity contribution in [1.82, 2.24) is 4.90 Å². The van der Waals surface area contributed by atoms with E-state index in [4.69, 9.17) is 5.11 Å². The lowest BCUT2D eigenvalue weighted by atomic mass is 9.99. The molecule has 1 N–H and O–H groups in total. The lowest BCUT2D eigenvalue weighted by molar-refractivity contribution is 0.120. The zero-order valence-corrected chi connectivity index (χ0v) is 7.18. The Labute approximate surface area is 75.8 Å². The van der Waals surface area contributed by atoms with E-state index in [0.717, 1.165) is 0 Å². The van der Waals surface area contributed by atoms with Crippen LogP contribution in [0.25, 0.3) is 0 Å². The lowest BCUT2D eigenvalue weighted by Crippen LogP contribution is -2.43. The SMILES string of the molecule is O=C(O)N1CCC2(CC1)N=CC=N2. The summed E-state index contributed by atoms with van der Waals surface area (Å²) in [6.45, 7) is 1.06. The molecule has 0 bridgehead atoms. The highest BCUT2D eigenvalue weighted by atomic mass is 16.4. The Bertz CT molecular complexity index is 263. The zero-order chi connectivity index (χ0) is 9.31. The maximum Gasteiger partial charge on any atom is 0.407 e. The lowest BCUT2D eigenvalue weighted by Gasteiger charge is -2.33. The molecular weight excluding hydrogens is 170 g/mol. The number of nitrogens with zero attached hydrogens (tertiary/aromatic N) is 3. The van der Waals surface area contributed by atoms with Gasteiger partial charge in [0.25, 0.3) is 0 Å². The predicted octanol–water partition coefficient (Wildman–Crippen LogP) is 0.612. The minimum absolute atomic E-state index is 0.327. The van der Waals surface area contributed by atoms with Crippen LogP contribution in [0.3, 0.4) is 0 Å². The summed E-state index contributed by atoms with van der Waals surface area (Å²) in [6, 6.07) is 0. The van der Waals surface area contributed by atoms with Crippen molar-refractivity contribution >= 4 is 18.5 Å². The number of rotatable bonds is 0. The van der Waals surface area contributed by atoms with E-state index >= 15 is 0 Å². The molecule has 0 aromatic carbocycles. The second-order valence-electron chi connectivity index (χ2n) is 3.31. The summed E-state index contributed by atoms with van der Waals surface area (Å²) in [5.74, 6) is 0. The average Bonchev–Trinajstić information content (AvgIpc) is 2.54. The highest BCUT2D eigenvalue weighted by molar-refractivity contribution is 6.17. The van der Waals surface area contributed by atoms with Gasteiger partial charge in [0.05, 0.1) is 0 Å². The molecule has 70 valence electrons. The number of likely N-dealkylation sites (tertiary alicyclic amines) is 1. The summed E-state index contributed by atoms with van der Waals surface area (Å²) in [7, 11) is 0. The van der Waals surface area contributed by atoms with E-state index in [1.54, 1.807) is 12.4 Å². The Hall–Kier alpha value is -1.39. The van der Waals surface area contributed by atoms with Crippen molar-refractivity contribution in [2.45, 2.75) is 18.5 Å². The second-order valence-corrected chi connectivity index (χ2v) is 3.31. The fourth-order valence-electron chi connectivity index (χ4n) is 1.69. The van der Waals surface area contributed by atoms with Gasteiger partial charge in [-0.15, -0.1) is 0 Å². The number of hydrogen-bond donors (Lipinski definition) is 1. The summed E-state index contributed by atoms with van der Waals surface area (Å²) in [4.78, 5) is 20.5. The monoisotopic (exact) mass is 181 g/mol. The fourth-order valence-corrected chi connectivity index (χ4v) is 1.69. The molecule has 5 nitrogen and oxygen atoms in total. The molecule has 0 radical (unpaired) electrons. The van der Waals surface area contributed by atoms with Crippen LogP contribution in [0.15, 0.2) is 9.98 Å². The number of piperidine rings is 1. The zero-order valence-electron chi connectivity index (χ0n) is 7.18. The molecule has 1 spiro atoms. The highest BCUT2D eigenvalue weighted by Gasteiger charge is 2.35. The Kier molecular flexibility index (Phi) is 1.79. The molecular formula is C8H11N3O2. The van der Waals surface area contributed by atoms with Crippen LogP contribution >= 0.6 is 0 Å². The Morgan fingerprint density at radius 3 is 2.31 bits per heavy atom. The van der Waals surface area contributed by atoms with E-state index < -0.39 is 6.09 Å². The molecule has 0 unspecified atom stereocenters. The van der Waals surface area contributed by atoms with Gasteiger partial charge in [-0.3, -0.25) is 9.98 Å². The average molecular weight is 181 g/mol. The summed E-state index contributed by atoms with van der Waals surface area (Å²) >= 11 is 0. The molecule has 0 saturated carbocycles. The molecule has 0 aromatic rings. The van der Waals surface area contributed by atoms with Crippen molar-refractivity contribution < 1.29 is 9.90 Å². The number of carbonyl (C=O) groups is 1. The molecule has 2 aliphatic heterocycles. The molecule has 1 fully saturated rings. The van der Waals surface area contributed by atoms with Crippen molar-refractivity contribution in [1.29, 1.82) is 0 Å². The minimum Gasteiger partial charge on any atom is -0.465 e. The van der Waals surface area contributed by atoms with Gasteiger partial charge in [-0.05, 0) is 0 Å². The Morgan fingerprint density at radius 1 is 1.31 bits per heavy atom. The largest absolute Gasteiger partial charge is 0.465 e. The van der Waals surface area contributed by atoms with E-state index in [-0.39, 0.29) is 5.66 Å². The van der Waals surface area contributed by atoms with Crippen LogP contribution < -0.4 is 0 Å². The summed E-state index contributed by atoms with van der Waals surface area (Å²) < 4.78 is 0. The molecule has 0 aromatic heterocycles. The topological polar surface area (TPSA) is 65.3 Å². The molecule has 13 heavy (non-hydrogen) atoms. The molecule has 2 heterocycles. The first-order chi connectivity index (χ1) is 6.22. The van der Waals surface area contributed by atoms with Crippen LogP contribution in [-0.4, -0.2) is 47.3 Å². The first-order valence-electron chi connectivity index (χ1n) is 4.29. The van der Waals surface area contributed by atoms with Crippen LogP contribution in [-0.2, 0) is 0 Å². The van der Waals surface area contributed by atoms with Crippen LogP contribution in [0.5, 0.6) is 0 Å². The summed E-state index contributed by atoms with van der Waals surface area (Å²) in [5, 5.41) is 8.72. The quantitative estimate of drug-likeness (QED) is 0.595. The van der Waals surface area contributed by atoms with Crippen LogP contribution in [0.1, 0.15) is 12.8 Å². The van der Waals surface area contributed by atoms with Gasteiger partial charge in [0.2, 0.25) is 0 Å². The summed E-state index contributed by atoms with van der Waals surface area (Å²) in [6.07, 6.45) is 3.94. The van der Waals surface area contributed by atoms with E-state index in [1.807, 2.05) is 0 Å². The van der Waals surface area contributed by atoms with E-state index in [1.165, 1.54) is 4.90 Å². The van der Waals surface area contributed by atoms with E-state index in [0.29, 0.717) is 25.9 Å². The molecule has 0 aliphatic carbocycles. The van der Waals surface area contributed by atoms with Crippen molar-refractivity contribution in [3.63, 3.8) is 0 Å². The standard InChI is InChI=1S/C8H11N3O2/c12-7(13)11-5-1-8(2-6-11)9-3-4-10-8/h3-4H,1-2,5-6H2,(H,12,13). The smallest absolute Gasteiger partial charge is 0.407 e. The Morgan fingerprint density at radius 2 is 1.85 bits per heavy atom. The van der Waals surface area contributed by atoms with Gasteiger partial charge in [-0.25, -0.2) is 4.79 Å². The minimum atomic E-state index is -0.846. The highest BCUT2D eigenvalue weighted by Crippen LogP contribution is 2.29. The fraction of sp³-hybridized carbons (Fsp3) is 0.625. The van der Waals surface area contributed by atoms with Gasteiger partial charge < -0.3 is 10.0 Å². The van der Waals surface area contributed by atoms with Crippen molar-refractivity contribution in [3.8, 4) is 0 Å². The van der Waals surface area contributed by atoms with E-state index in [2.05, 4.69) is 9.98 Å². The van der Waals surface area contributed by atoms with E-state index in [9.17, 15) is 4.79 Å². The maximum atomic E-state index is 10.6. The molecule has 1 saturated heterocycles. The number of hydrogen-bond acceptors (Lipinski definition) is 3. The molecule has 5 heteroatoms. The van der Waals surface area contributed by atoms with Crippen LogP contribution in [0, 0.1) is 0 Å². The number of aliphatic imine (C=N–C) groups is 2. The van der Waals surface area contributed by atoms with Gasteiger partial charge in [0.15, 0.2) is 5.66 Å². The third-order valence-corrected chi connectivity index (χ3v) is 2.53. The first-order valence-corrected chi connectivity index (χ1v) is 4.29. The Balaban J connectivity index is 2.00. The third-order valence-electron chi connectivity index (χ3n) is 2.53. The van der Waals surface area contributed by atoms with Gasteiger partial charge >= 0.3 is 6.09 Å². The molecule has 1 amide bonds. The van der Waals surface area contributed by atoms with Gasteiger partial charge in [0.1, 0.15) is 0 Å². The van der Waals surface area contributed by atoms with Gasteiger partial charge in [-0.2, -0.15) is 0 Å². The van der Waals surface area contributed by atoms with Crippen LogP contribution in [0.4, 0.5) is 4.79 Å². The van der Waals surface area contributed by atoms with Crippen LogP contribution in [0.2, 0.25) is 0 Å². The first kappa shape index (κ1) is 8.22. The maximum absolute atomic E-state index is 10.6. The number of amides is 1. The van der Waals surface area contributed by atoms with Gasteiger partial charge in [0, 0.05) is 38.4 Å². The van der Waals surface area contributed by atoms with Gasteiger partial charge in [-0.1, -0.05) is 0 Å². The number of carboxylic acid groups (broad SMARTS) is 1. The van der Waals surface area contributed by atoms with Crippen molar-refractivity contribution in [2.75, 3.05) is 13.1 Å². The second kappa shape index (κ2) is 2.83. The summed E-state index contributed by atoms with van der Waals surface area (Å²) in [5.41, 5.74) is -0.327. The third kappa shape index (κ3) is 1.41.